The number of hydrogen-bond donors (Lipinski definition) is 1. The molecule has 3 nitrogen and oxygen atoms in total. The number of carboxylic acids is 1. The first-order valence-electron chi connectivity index (χ1n) is 7.84. The third-order valence-electron chi connectivity index (χ3n) is 4.31. The molecule has 0 radical (unpaired) electrons. The summed E-state index contributed by atoms with van der Waals surface area (Å²) in [4.78, 5) is 13.6. The average molecular weight is 310 g/mol. The van der Waals surface area contributed by atoms with Crippen LogP contribution in [0.4, 0.5) is 0 Å². The average Bonchev–Trinajstić information content (AvgIpc) is 2.48. The van der Waals surface area contributed by atoms with E-state index in [1.54, 1.807) is 0 Å². The van der Waals surface area contributed by atoms with Crippen LogP contribution in [0.2, 0.25) is 5.02 Å². The normalized spacial score (nSPS) is 21.1. The summed E-state index contributed by atoms with van der Waals surface area (Å²) >= 11 is 6.13. The van der Waals surface area contributed by atoms with Gasteiger partial charge in [0.05, 0.1) is 5.92 Å². The lowest BCUT2D eigenvalue weighted by Crippen LogP contribution is -2.40. The molecule has 0 aromatic heterocycles. The zero-order chi connectivity index (χ0) is 15.2. The Morgan fingerprint density at radius 1 is 1.52 bits per heavy atom. The van der Waals surface area contributed by atoms with Crippen LogP contribution in [0.5, 0.6) is 0 Å². The van der Waals surface area contributed by atoms with Crippen LogP contribution in [0.25, 0.3) is 0 Å². The number of likely N-dealkylation sites (tertiary alicyclic amines) is 1. The fourth-order valence-corrected chi connectivity index (χ4v) is 3.36. The Morgan fingerprint density at radius 2 is 2.33 bits per heavy atom. The Kier molecular flexibility index (Phi) is 6.07. The number of halogens is 1. The van der Waals surface area contributed by atoms with Gasteiger partial charge < -0.3 is 5.11 Å². The van der Waals surface area contributed by atoms with Crippen molar-refractivity contribution >= 4 is 17.6 Å². The molecule has 1 N–H and O–H groups in total. The molecule has 4 heteroatoms. The van der Waals surface area contributed by atoms with Crippen LogP contribution in [0, 0.1) is 5.92 Å². The van der Waals surface area contributed by atoms with E-state index in [1.165, 1.54) is 5.56 Å². The number of hydrogen-bond acceptors (Lipinski definition) is 2. The summed E-state index contributed by atoms with van der Waals surface area (Å²) in [6, 6.07) is 8.28. The van der Waals surface area contributed by atoms with Gasteiger partial charge in [0.15, 0.2) is 0 Å². The molecule has 1 aliphatic rings. The van der Waals surface area contributed by atoms with Crippen LogP contribution < -0.4 is 0 Å². The van der Waals surface area contributed by atoms with Crippen LogP contribution in [0.3, 0.4) is 0 Å². The van der Waals surface area contributed by atoms with Gasteiger partial charge in [0, 0.05) is 17.6 Å². The van der Waals surface area contributed by atoms with Gasteiger partial charge in [-0.05, 0) is 43.5 Å². The van der Waals surface area contributed by atoms with Gasteiger partial charge in [-0.15, -0.1) is 0 Å². The van der Waals surface area contributed by atoms with E-state index in [-0.39, 0.29) is 12.0 Å². The van der Waals surface area contributed by atoms with E-state index in [9.17, 15) is 9.90 Å². The predicted octanol–water partition coefficient (Wildman–Crippen LogP) is 4.37. The summed E-state index contributed by atoms with van der Waals surface area (Å²) in [5, 5.41) is 10.0. The summed E-state index contributed by atoms with van der Waals surface area (Å²) in [7, 11) is 0. The molecule has 21 heavy (non-hydrogen) atoms. The predicted molar refractivity (Wildman–Crippen MR) is 85.7 cm³/mol. The summed E-state index contributed by atoms with van der Waals surface area (Å²) in [5.41, 5.74) is 1.21. The van der Waals surface area contributed by atoms with Crippen molar-refractivity contribution in [2.75, 3.05) is 13.1 Å². The highest BCUT2D eigenvalue weighted by atomic mass is 35.5. The van der Waals surface area contributed by atoms with Crippen molar-refractivity contribution in [1.82, 2.24) is 4.90 Å². The second-order valence-electron chi connectivity index (χ2n) is 5.89. The molecule has 1 heterocycles. The van der Waals surface area contributed by atoms with Gasteiger partial charge >= 0.3 is 5.97 Å². The highest BCUT2D eigenvalue weighted by Crippen LogP contribution is 2.32. The first-order valence-corrected chi connectivity index (χ1v) is 8.22. The second kappa shape index (κ2) is 7.81. The molecule has 0 bridgehead atoms. The fraction of sp³-hybridized carbons (Fsp3) is 0.588. The van der Waals surface area contributed by atoms with Crippen molar-refractivity contribution in [3.8, 4) is 0 Å². The number of nitrogens with zero attached hydrogens (tertiary/aromatic N) is 1. The maximum absolute atomic E-state index is 11.3. The van der Waals surface area contributed by atoms with Crippen molar-refractivity contribution in [1.29, 1.82) is 0 Å². The Morgan fingerprint density at radius 3 is 3.00 bits per heavy atom. The lowest BCUT2D eigenvalue weighted by Gasteiger charge is -2.37. The third kappa shape index (κ3) is 4.45. The van der Waals surface area contributed by atoms with Gasteiger partial charge in [-0.1, -0.05) is 43.5 Å². The second-order valence-corrected chi connectivity index (χ2v) is 6.32. The molecule has 1 aromatic carbocycles. The van der Waals surface area contributed by atoms with E-state index in [0.717, 1.165) is 43.7 Å². The summed E-state index contributed by atoms with van der Waals surface area (Å²) < 4.78 is 0. The number of carboxylic acid groups (broad SMARTS) is 1. The maximum Gasteiger partial charge on any atom is 0.307 e. The monoisotopic (exact) mass is 309 g/mol. The van der Waals surface area contributed by atoms with Crippen molar-refractivity contribution < 1.29 is 9.90 Å². The molecule has 0 spiro atoms. The molecule has 0 aliphatic carbocycles. The van der Waals surface area contributed by atoms with Crippen LogP contribution in [-0.2, 0) is 4.79 Å². The summed E-state index contributed by atoms with van der Waals surface area (Å²) in [5.74, 6) is -0.901. The van der Waals surface area contributed by atoms with Crippen molar-refractivity contribution in [2.24, 2.45) is 5.92 Å². The highest BCUT2D eigenvalue weighted by molar-refractivity contribution is 6.30. The quantitative estimate of drug-likeness (QED) is 0.848. The molecule has 1 aromatic rings. The van der Waals surface area contributed by atoms with Crippen molar-refractivity contribution in [3.63, 3.8) is 0 Å². The maximum atomic E-state index is 11.3. The first kappa shape index (κ1) is 16.3. The van der Waals surface area contributed by atoms with E-state index >= 15 is 0 Å². The number of unbranched alkanes of at least 4 members (excludes halogenated alkanes) is 1. The molecule has 0 saturated carbocycles. The highest BCUT2D eigenvalue weighted by Gasteiger charge is 2.30. The van der Waals surface area contributed by atoms with Gasteiger partial charge in [0.25, 0.3) is 0 Å². The summed E-state index contributed by atoms with van der Waals surface area (Å²) in [6.07, 6.45) is 5.10. The minimum Gasteiger partial charge on any atom is -0.481 e. The Labute approximate surface area is 131 Å². The number of aliphatic carboxylic acids is 1. The zero-order valence-electron chi connectivity index (χ0n) is 12.6. The van der Waals surface area contributed by atoms with E-state index in [0.29, 0.717) is 6.54 Å². The van der Waals surface area contributed by atoms with Crippen LogP contribution >= 0.6 is 11.6 Å². The lowest BCUT2D eigenvalue weighted by molar-refractivity contribution is -0.144. The zero-order valence-corrected chi connectivity index (χ0v) is 13.4. The molecular formula is C17H24ClNO2. The number of benzene rings is 1. The molecule has 1 fully saturated rings. The smallest absolute Gasteiger partial charge is 0.307 e. The molecule has 2 rings (SSSR count). The minimum atomic E-state index is -0.667. The molecular weight excluding hydrogens is 286 g/mol. The fourth-order valence-electron chi connectivity index (χ4n) is 3.16. The largest absolute Gasteiger partial charge is 0.481 e. The Bertz CT molecular complexity index is 478. The van der Waals surface area contributed by atoms with Gasteiger partial charge in [-0.3, -0.25) is 9.69 Å². The third-order valence-corrected chi connectivity index (χ3v) is 4.54. The van der Waals surface area contributed by atoms with Crippen LogP contribution in [-0.4, -0.2) is 29.1 Å². The minimum absolute atomic E-state index is 0.234. The van der Waals surface area contributed by atoms with Gasteiger partial charge in [-0.25, -0.2) is 0 Å². The Hall–Kier alpha value is -1.06. The molecule has 116 valence electrons. The van der Waals surface area contributed by atoms with Crippen molar-refractivity contribution in [2.45, 2.75) is 45.1 Å². The SMILES string of the molecule is CCCCC(c1cccc(Cl)c1)N1CCCC(C(=O)O)C1. The van der Waals surface area contributed by atoms with E-state index in [1.807, 2.05) is 18.2 Å². The molecule has 1 aliphatic heterocycles. The molecule has 2 unspecified atom stereocenters. The number of piperidine rings is 1. The van der Waals surface area contributed by atoms with Crippen molar-refractivity contribution in [3.05, 3.63) is 34.9 Å². The lowest BCUT2D eigenvalue weighted by atomic mass is 9.92. The molecule has 0 amide bonds. The first-order chi connectivity index (χ1) is 10.1. The number of rotatable bonds is 6. The van der Waals surface area contributed by atoms with Crippen LogP contribution in [0.15, 0.2) is 24.3 Å². The standard InChI is InChI=1S/C17H24ClNO2/c1-2-3-9-16(13-6-4-8-15(18)11-13)19-10-5-7-14(12-19)17(20)21/h4,6,8,11,14,16H,2-3,5,7,9-10,12H2,1H3,(H,20,21). The van der Waals surface area contributed by atoms with E-state index in [2.05, 4.69) is 17.9 Å². The Balaban J connectivity index is 2.17. The van der Waals surface area contributed by atoms with Gasteiger partial charge in [0.2, 0.25) is 0 Å². The van der Waals surface area contributed by atoms with Crippen LogP contribution in [0.1, 0.15) is 50.6 Å². The topological polar surface area (TPSA) is 40.5 Å². The van der Waals surface area contributed by atoms with Gasteiger partial charge in [-0.2, -0.15) is 0 Å². The van der Waals surface area contributed by atoms with E-state index < -0.39 is 5.97 Å². The van der Waals surface area contributed by atoms with E-state index in [4.69, 9.17) is 11.6 Å². The molecule has 2 atom stereocenters. The summed E-state index contributed by atoms with van der Waals surface area (Å²) in [6.45, 7) is 3.81. The number of carbonyl (C=O) groups is 1. The van der Waals surface area contributed by atoms with Gasteiger partial charge in [0.1, 0.15) is 0 Å². The molecule has 1 saturated heterocycles.